The van der Waals surface area contributed by atoms with Crippen LogP contribution in [0.4, 0.5) is 0 Å². The van der Waals surface area contributed by atoms with E-state index < -0.39 is 5.91 Å². The predicted octanol–water partition coefficient (Wildman–Crippen LogP) is -0.763. The maximum atomic E-state index is 11.6. The highest BCUT2D eigenvalue weighted by atomic mass is 16.4. The molecule has 92 valence electrons. The van der Waals surface area contributed by atoms with Crippen molar-refractivity contribution in [2.45, 2.75) is 26.2 Å². The van der Waals surface area contributed by atoms with Crippen molar-refractivity contribution < 1.29 is 14.8 Å². The summed E-state index contributed by atoms with van der Waals surface area (Å²) < 4.78 is 0. The lowest BCUT2D eigenvalue weighted by atomic mass is 10.2. The van der Waals surface area contributed by atoms with Gasteiger partial charge in [0.15, 0.2) is 0 Å². The monoisotopic (exact) mass is 230 g/mol. The van der Waals surface area contributed by atoms with Crippen LogP contribution in [0.5, 0.6) is 0 Å². The lowest BCUT2D eigenvalue weighted by Gasteiger charge is -2.20. The third-order valence-electron chi connectivity index (χ3n) is 1.94. The van der Waals surface area contributed by atoms with Crippen LogP contribution in [0.15, 0.2) is 5.16 Å². The van der Waals surface area contributed by atoms with Gasteiger partial charge < -0.3 is 21.6 Å². The smallest absolute Gasteiger partial charge is 0.237 e. The van der Waals surface area contributed by atoms with Gasteiger partial charge in [-0.15, -0.1) is 0 Å². The second kappa shape index (κ2) is 7.49. The Hall–Kier alpha value is -1.79. The van der Waals surface area contributed by atoms with Gasteiger partial charge in [-0.05, 0) is 6.42 Å². The molecule has 5 N–H and O–H groups in total. The molecule has 2 amide bonds. The molecular weight excluding hydrogens is 212 g/mol. The minimum Gasteiger partial charge on any atom is -0.409 e. The van der Waals surface area contributed by atoms with Gasteiger partial charge in [-0.1, -0.05) is 18.5 Å². The van der Waals surface area contributed by atoms with Gasteiger partial charge in [-0.25, -0.2) is 0 Å². The first-order valence-corrected chi connectivity index (χ1v) is 5.03. The molecule has 0 rings (SSSR count). The third kappa shape index (κ3) is 5.84. The van der Waals surface area contributed by atoms with Crippen molar-refractivity contribution in [2.75, 3.05) is 13.1 Å². The Bertz CT molecular complexity index is 278. The molecule has 0 aliphatic rings. The van der Waals surface area contributed by atoms with Gasteiger partial charge in [0.05, 0.1) is 13.0 Å². The fourth-order valence-corrected chi connectivity index (χ4v) is 1.13. The average Bonchev–Trinajstić information content (AvgIpc) is 2.23. The summed E-state index contributed by atoms with van der Waals surface area (Å²) in [5.74, 6) is -1.14. The number of nitrogens with zero attached hydrogens (tertiary/aromatic N) is 2. The molecule has 0 fully saturated rings. The first-order valence-electron chi connectivity index (χ1n) is 5.03. The molecule has 7 nitrogen and oxygen atoms in total. The van der Waals surface area contributed by atoms with E-state index in [1.54, 1.807) is 0 Å². The van der Waals surface area contributed by atoms with E-state index in [1.807, 2.05) is 6.92 Å². The topological polar surface area (TPSA) is 122 Å². The summed E-state index contributed by atoms with van der Waals surface area (Å²) >= 11 is 0. The average molecular weight is 230 g/mol. The maximum Gasteiger partial charge on any atom is 0.237 e. The molecule has 0 spiro atoms. The number of amides is 2. The molecule has 0 aromatic rings. The van der Waals surface area contributed by atoms with Crippen LogP contribution < -0.4 is 11.5 Å². The van der Waals surface area contributed by atoms with Gasteiger partial charge in [0.25, 0.3) is 0 Å². The van der Waals surface area contributed by atoms with Gasteiger partial charge in [0, 0.05) is 6.54 Å². The Morgan fingerprint density at radius 1 is 1.38 bits per heavy atom. The Morgan fingerprint density at radius 2 is 2.00 bits per heavy atom. The molecule has 7 heteroatoms. The van der Waals surface area contributed by atoms with Crippen molar-refractivity contribution in [2.24, 2.45) is 16.6 Å². The zero-order chi connectivity index (χ0) is 12.6. The molecule has 0 aliphatic carbocycles. The lowest BCUT2D eigenvalue weighted by molar-refractivity contribution is -0.134. The molecule has 0 aromatic carbocycles. The zero-order valence-corrected chi connectivity index (χ0v) is 9.35. The Labute approximate surface area is 94.1 Å². The normalized spacial score (nSPS) is 11.2. The van der Waals surface area contributed by atoms with Crippen molar-refractivity contribution in [3.63, 3.8) is 0 Å². The Morgan fingerprint density at radius 3 is 2.44 bits per heavy atom. The summed E-state index contributed by atoms with van der Waals surface area (Å²) in [6, 6.07) is 0. The van der Waals surface area contributed by atoms with E-state index in [4.69, 9.17) is 16.7 Å². The van der Waals surface area contributed by atoms with Gasteiger partial charge >= 0.3 is 0 Å². The van der Waals surface area contributed by atoms with Crippen molar-refractivity contribution in [1.82, 2.24) is 4.90 Å². The summed E-state index contributed by atoms with van der Waals surface area (Å²) in [5, 5.41) is 11.0. The fraction of sp³-hybridized carbons (Fsp3) is 0.667. The zero-order valence-electron chi connectivity index (χ0n) is 9.35. The van der Waals surface area contributed by atoms with Crippen LogP contribution >= 0.6 is 0 Å². The van der Waals surface area contributed by atoms with Gasteiger partial charge in [-0.2, -0.15) is 0 Å². The Balaban J connectivity index is 4.36. The molecule has 0 saturated heterocycles. The van der Waals surface area contributed by atoms with Crippen LogP contribution in [0, 0.1) is 0 Å². The summed E-state index contributed by atoms with van der Waals surface area (Å²) in [6.07, 6.45) is 1.45. The van der Waals surface area contributed by atoms with E-state index in [0.29, 0.717) is 6.54 Å². The van der Waals surface area contributed by atoms with Crippen LogP contribution in [0.25, 0.3) is 0 Å². The van der Waals surface area contributed by atoms with Crippen molar-refractivity contribution in [3.8, 4) is 0 Å². The third-order valence-corrected chi connectivity index (χ3v) is 1.94. The molecule has 0 bridgehead atoms. The maximum absolute atomic E-state index is 11.6. The van der Waals surface area contributed by atoms with Crippen LogP contribution in [-0.4, -0.2) is 40.8 Å². The fourth-order valence-electron chi connectivity index (χ4n) is 1.13. The second-order valence-electron chi connectivity index (χ2n) is 3.40. The molecule has 16 heavy (non-hydrogen) atoms. The highest BCUT2D eigenvalue weighted by Crippen LogP contribution is 1.98. The Kier molecular flexibility index (Phi) is 6.66. The van der Waals surface area contributed by atoms with Crippen molar-refractivity contribution >= 4 is 17.6 Å². The number of unbranched alkanes of at least 4 members (excludes halogenated alkanes) is 1. The van der Waals surface area contributed by atoms with Crippen molar-refractivity contribution in [3.05, 3.63) is 0 Å². The van der Waals surface area contributed by atoms with Gasteiger partial charge in [-0.3, -0.25) is 9.59 Å². The quantitative estimate of drug-likeness (QED) is 0.230. The highest BCUT2D eigenvalue weighted by molar-refractivity contribution is 5.99. The van der Waals surface area contributed by atoms with E-state index in [-0.39, 0.29) is 24.7 Å². The number of hydrogen-bond donors (Lipinski definition) is 3. The molecule has 0 aromatic heterocycles. The minimum absolute atomic E-state index is 0.141. The standard InChI is InChI=1S/C9H18N4O3/c1-2-3-4-13(6-8(11)14)9(15)5-7(10)12-16/h16H,2-6H2,1H3,(H2,10,12)(H2,11,14). The number of primary amides is 1. The molecule has 0 saturated carbocycles. The van der Waals surface area contributed by atoms with Crippen LogP contribution in [0.2, 0.25) is 0 Å². The van der Waals surface area contributed by atoms with Crippen molar-refractivity contribution in [1.29, 1.82) is 0 Å². The summed E-state index contributed by atoms with van der Waals surface area (Å²) in [7, 11) is 0. The minimum atomic E-state index is -0.580. The van der Waals surface area contributed by atoms with Gasteiger partial charge in [0.1, 0.15) is 5.84 Å². The molecular formula is C9H18N4O3. The van der Waals surface area contributed by atoms with Crippen LogP contribution in [0.1, 0.15) is 26.2 Å². The SMILES string of the molecule is CCCCN(CC(N)=O)C(=O)CC(N)=NO. The summed E-state index contributed by atoms with van der Waals surface area (Å²) in [5.41, 5.74) is 10.2. The van der Waals surface area contributed by atoms with E-state index in [0.717, 1.165) is 12.8 Å². The summed E-state index contributed by atoms with van der Waals surface area (Å²) in [6.45, 7) is 2.27. The predicted molar refractivity (Wildman–Crippen MR) is 58.7 cm³/mol. The molecule has 0 unspecified atom stereocenters. The number of hydrogen-bond acceptors (Lipinski definition) is 4. The number of amidine groups is 1. The first kappa shape index (κ1) is 14.2. The lowest BCUT2D eigenvalue weighted by Crippen LogP contribution is -2.40. The van der Waals surface area contributed by atoms with E-state index in [2.05, 4.69) is 5.16 Å². The van der Waals surface area contributed by atoms with Crippen LogP contribution in [-0.2, 0) is 9.59 Å². The van der Waals surface area contributed by atoms with E-state index in [9.17, 15) is 9.59 Å². The second-order valence-corrected chi connectivity index (χ2v) is 3.40. The number of carbonyl (C=O) groups excluding carboxylic acids is 2. The number of nitrogens with two attached hydrogens (primary N) is 2. The number of oxime groups is 1. The summed E-state index contributed by atoms with van der Waals surface area (Å²) in [4.78, 5) is 23.7. The largest absolute Gasteiger partial charge is 0.409 e. The molecule has 0 heterocycles. The highest BCUT2D eigenvalue weighted by Gasteiger charge is 2.16. The first-order chi connectivity index (χ1) is 7.51. The molecule has 0 aliphatic heterocycles. The molecule has 0 atom stereocenters. The van der Waals surface area contributed by atoms with E-state index >= 15 is 0 Å². The number of rotatable bonds is 7. The van der Waals surface area contributed by atoms with Crippen LogP contribution in [0.3, 0.4) is 0 Å². The van der Waals surface area contributed by atoms with E-state index in [1.165, 1.54) is 4.90 Å². The number of carbonyl (C=O) groups is 2. The molecule has 0 radical (unpaired) electrons. The van der Waals surface area contributed by atoms with Gasteiger partial charge in [0.2, 0.25) is 11.8 Å².